The van der Waals surface area contributed by atoms with E-state index in [2.05, 4.69) is 11.9 Å². The minimum Gasteiger partial charge on any atom is -0.323 e. The third-order valence-corrected chi connectivity index (χ3v) is 3.83. The molecule has 0 bridgehead atoms. The highest BCUT2D eigenvalue weighted by molar-refractivity contribution is 6.31. The van der Waals surface area contributed by atoms with Crippen molar-refractivity contribution in [3.63, 3.8) is 0 Å². The van der Waals surface area contributed by atoms with Crippen LogP contribution in [0.4, 0.5) is 0 Å². The number of hydrogen-bond donors (Lipinski definition) is 1. The van der Waals surface area contributed by atoms with Crippen molar-refractivity contribution in [1.29, 1.82) is 0 Å². The zero-order valence-corrected chi connectivity index (χ0v) is 12.8. The molecular formula is C16H27ClN2. The lowest BCUT2D eigenvalue weighted by Crippen LogP contribution is -2.12. The summed E-state index contributed by atoms with van der Waals surface area (Å²) in [5.41, 5.74) is 6.97. The summed E-state index contributed by atoms with van der Waals surface area (Å²) in [5, 5.41) is 0.689. The SMILES string of the molecule is CCCCCCCCCCC(N)c1ncccc1Cl. The summed E-state index contributed by atoms with van der Waals surface area (Å²) in [5.74, 6) is 0. The third-order valence-electron chi connectivity index (χ3n) is 3.51. The molecule has 0 aliphatic heterocycles. The average Bonchev–Trinajstić information content (AvgIpc) is 2.42. The maximum Gasteiger partial charge on any atom is 0.0756 e. The van der Waals surface area contributed by atoms with Crippen molar-refractivity contribution in [1.82, 2.24) is 4.98 Å². The van der Waals surface area contributed by atoms with Gasteiger partial charge in [0.15, 0.2) is 0 Å². The molecule has 108 valence electrons. The van der Waals surface area contributed by atoms with Gasteiger partial charge in [0.05, 0.1) is 10.7 Å². The van der Waals surface area contributed by atoms with Crippen LogP contribution in [0.15, 0.2) is 18.3 Å². The molecule has 1 heterocycles. The van der Waals surface area contributed by atoms with Gasteiger partial charge in [-0.2, -0.15) is 0 Å². The van der Waals surface area contributed by atoms with Gasteiger partial charge in [-0.25, -0.2) is 0 Å². The summed E-state index contributed by atoms with van der Waals surface area (Å²) < 4.78 is 0. The lowest BCUT2D eigenvalue weighted by atomic mass is 10.0. The van der Waals surface area contributed by atoms with E-state index in [1.165, 1.54) is 51.4 Å². The van der Waals surface area contributed by atoms with Crippen LogP contribution in [0.3, 0.4) is 0 Å². The zero-order chi connectivity index (χ0) is 13.9. The van der Waals surface area contributed by atoms with E-state index in [0.717, 1.165) is 12.1 Å². The van der Waals surface area contributed by atoms with Gasteiger partial charge in [-0.15, -0.1) is 0 Å². The summed E-state index contributed by atoms with van der Waals surface area (Å²) in [6, 6.07) is 3.68. The van der Waals surface area contributed by atoms with E-state index in [1.807, 2.05) is 12.1 Å². The summed E-state index contributed by atoms with van der Waals surface area (Å²) in [4.78, 5) is 4.27. The molecule has 1 atom stereocenters. The Morgan fingerprint density at radius 1 is 1.11 bits per heavy atom. The van der Waals surface area contributed by atoms with Crippen LogP contribution in [0.5, 0.6) is 0 Å². The number of pyridine rings is 1. The standard InChI is InChI=1S/C16H27ClN2/c1-2-3-4-5-6-7-8-9-12-15(18)16-14(17)11-10-13-19-16/h10-11,13,15H,2-9,12,18H2,1H3. The second-order valence-corrected chi connectivity index (χ2v) is 5.65. The summed E-state index contributed by atoms with van der Waals surface area (Å²) in [6.45, 7) is 2.25. The van der Waals surface area contributed by atoms with Crippen molar-refractivity contribution in [2.45, 2.75) is 70.8 Å². The lowest BCUT2D eigenvalue weighted by molar-refractivity contribution is 0.531. The Morgan fingerprint density at radius 3 is 2.37 bits per heavy atom. The molecule has 2 N–H and O–H groups in total. The monoisotopic (exact) mass is 282 g/mol. The largest absolute Gasteiger partial charge is 0.323 e. The number of aromatic nitrogens is 1. The Hall–Kier alpha value is -0.600. The van der Waals surface area contributed by atoms with Gasteiger partial charge in [0, 0.05) is 12.2 Å². The Kier molecular flexibility index (Phi) is 8.85. The van der Waals surface area contributed by atoms with Gasteiger partial charge in [0.1, 0.15) is 0 Å². The average molecular weight is 283 g/mol. The van der Waals surface area contributed by atoms with Crippen LogP contribution in [0, 0.1) is 0 Å². The van der Waals surface area contributed by atoms with Crippen LogP contribution in [-0.2, 0) is 0 Å². The summed E-state index contributed by atoms with van der Waals surface area (Å²) >= 11 is 6.09. The van der Waals surface area contributed by atoms with Gasteiger partial charge in [0.25, 0.3) is 0 Å². The predicted molar refractivity (Wildman–Crippen MR) is 83.4 cm³/mol. The maximum atomic E-state index is 6.13. The second kappa shape index (κ2) is 10.2. The molecule has 0 radical (unpaired) electrons. The Morgan fingerprint density at radius 2 is 1.74 bits per heavy atom. The molecule has 0 aliphatic carbocycles. The first-order valence-corrected chi connectivity index (χ1v) is 7.99. The number of hydrogen-bond acceptors (Lipinski definition) is 2. The molecule has 0 amide bonds. The van der Waals surface area contributed by atoms with E-state index in [0.29, 0.717) is 5.02 Å². The van der Waals surface area contributed by atoms with Crippen LogP contribution >= 0.6 is 11.6 Å². The zero-order valence-electron chi connectivity index (χ0n) is 12.1. The fraction of sp³-hybridized carbons (Fsp3) is 0.688. The Balaban J connectivity index is 2.08. The molecule has 1 aromatic rings. The van der Waals surface area contributed by atoms with Gasteiger partial charge < -0.3 is 5.73 Å². The van der Waals surface area contributed by atoms with Crippen molar-refractivity contribution < 1.29 is 0 Å². The van der Waals surface area contributed by atoms with Crippen molar-refractivity contribution in [3.05, 3.63) is 29.0 Å². The molecule has 0 spiro atoms. The van der Waals surface area contributed by atoms with E-state index in [-0.39, 0.29) is 6.04 Å². The topological polar surface area (TPSA) is 38.9 Å². The quantitative estimate of drug-likeness (QED) is 0.594. The molecule has 0 fully saturated rings. The highest BCUT2D eigenvalue weighted by Crippen LogP contribution is 2.22. The molecule has 2 nitrogen and oxygen atoms in total. The van der Waals surface area contributed by atoms with Crippen molar-refractivity contribution >= 4 is 11.6 Å². The predicted octanol–water partition coefficient (Wildman–Crippen LogP) is 5.27. The molecule has 0 saturated heterocycles. The van der Waals surface area contributed by atoms with Gasteiger partial charge in [-0.1, -0.05) is 69.9 Å². The highest BCUT2D eigenvalue weighted by Gasteiger charge is 2.10. The molecule has 1 rings (SSSR count). The number of nitrogens with zero attached hydrogens (tertiary/aromatic N) is 1. The van der Waals surface area contributed by atoms with E-state index in [1.54, 1.807) is 6.20 Å². The van der Waals surface area contributed by atoms with Crippen LogP contribution in [-0.4, -0.2) is 4.98 Å². The summed E-state index contributed by atoms with van der Waals surface area (Å²) in [6.07, 6.45) is 13.3. The minimum atomic E-state index is -0.0196. The number of nitrogens with two attached hydrogens (primary N) is 1. The molecule has 0 aromatic carbocycles. The van der Waals surface area contributed by atoms with Crippen molar-refractivity contribution in [2.24, 2.45) is 5.73 Å². The molecular weight excluding hydrogens is 256 g/mol. The van der Waals surface area contributed by atoms with Gasteiger partial charge in [0.2, 0.25) is 0 Å². The van der Waals surface area contributed by atoms with E-state index in [4.69, 9.17) is 17.3 Å². The van der Waals surface area contributed by atoms with Crippen molar-refractivity contribution in [2.75, 3.05) is 0 Å². The van der Waals surface area contributed by atoms with Crippen LogP contribution in [0.2, 0.25) is 5.02 Å². The summed E-state index contributed by atoms with van der Waals surface area (Å²) in [7, 11) is 0. The van der Waals surface area contributed by atoms with Gasteiger partial charge in [-0.05, 0) is 18.6 Å². The van der Waals surface area contributed by atoms with Gasteiger partial charge in [-0.3, -0.25) is 4.98 Å². The molecule has 1 aromatic heterocycles. The van der Waals surface area contributed by atoms with Crippen LogP contribution in [0.1, 0.15) is 76.4 Å². The normalized spacial score (nSPS) is 12.6. The Labute approximate surface area is 122 Å². The Bertz CT molecular complexity index is 341. The lowest BCUT2D eigenvalue weighted by Gasteiger charge is -2.12. The van der Waals surface area contributed by atoms with E-state index >= 15 is 0 Å². The molecule has 19 heavy (non-hydrogen) atoms. The first-order valence-electron chi connectivity index (χ1n) is 7.61. The first kappa shape index (κ1) is 16.5. The number of halogens is 1. The third kappa shape index (κ3) is 6.93. The van der Waals surface area contributed by atoms with E-state index < -0.39 is 0 Å². The van der Waals surface area contributed by atoms with Gasteiger partial charge >= 0.3 is 0 Å². The minimum absolute atomic E-state index is 0.0196. The van der Waals surface area contributed by atoms with Crippen LogP contribution in [0.25, 0.3) is 0 Å². The molecule has 1 unspecified atom stereocenters. The fourth-order valence-corrected chi connectivity index (χ4v) is 2.57. The molecule has 3 heteroatoms. The second-order valence-electron chi connectivity index (χ2n) is 5.24. The van der Waals surface area contributed by atoms with Crippen LogP contribution < -0.4 is 5.73 Å². The number of unbranched alkanes of at least 4 members (excludes halogenated alkanes) is 7. The maximum absolute atomic E-state index is 6.13. The fourth-order valence-electron chi connectivity index (χ4n) is 2.31. The molecule has 0 saturated carbocycles. The smallest absolute Gasteiger partial charge is 0.0756 e. The number of rotatable bonds is 10. The highest BCUT2D eigenvalue weighted by atomic mass is 35.5. The van der Waals surface area contributed by atoms with Crippen molar-refractivity contribution in [3.8, 4) is 0 Å². The van der Waals surface area contributed by atoms with E-state index in [9.17, 15) is 0 Å². The first-order chi connectivity index (χ1) is 9.25. The molecule has 0 aliphatic rings.